The standard InChI is InChI=1S/C21H18F3N7O3/c1-33-15-5-3-14(4-6-15)30-10-9-13(29-30)11-25-20(32)16-12-26-31(19(16)21(22,23)24)17-7-8-18(34-2)28-27-17/h3-10,12H,11H2,1-2H3,(H,25,32). The smallest absolute Gasteiger partial charge is 0.434 e. The molecule has 0 saturated heterocycles. The number of methoxy groups -OCH3 is 2. The van der Waals surface area contributed by atoms with Gasteiger partial charge in [0.05, 0.1) is 43.9 Å². The highest BCUT2D eigenvalue weighted by Gasteiger charge is 2.41. The molecule has 4 aromatic rings. The van der Waals surface area contributed by atoms with Gasteiger partial charge in [0.1, 0.15) is 5.75 Å². The van der Waals surface area contributed by atoms with Crippen LogP contribution in [0.4, 0.5) is 13.2 Å². The van der Waals surface area contributed by atoms with Crippen LogP contribution in [-0.4, -0.2) is 49.9 Å². The van der Waals surface area contributed by atoms with E-state index in [2.05, 4.69) is 25.7 Å². The first-order chi connectivity index (χ1) is 16.3. The zero-order valence-electron chi connectivity index (χ0n) is 17.9. The van der Waals surface area contributed by atoms with E-state index < -0.39 is 23.3 Å². The number of ether oxygens (including phenoxy) is 2. The van der Waals surface area contributed by atoms with E-state index in [1.807, 2.05) is 0 Å². The van der Waals surface area contributed by atoms with Crippen molar-refractivity contribution in [3.8, 4) is 23.1 Å². The zero-order chi connectivity index (χ0) is 24.3. The summed E-state index contributed by atoms with van der Waals surface area (Å²) in [4.78, 5) is 12.6. The van der Waals surface area contributed by atoms with Gasteiger partial charge in [0.2, 0.25) is 5.88 Å². The third-order valence-corrected chi connectivity index (χ3v) is 4.75. The van der Waals surface area contributed by atoms with E-state index in [1.54, 1.807) is 48.3 Å². The van der Waals surface area contributed by atoms with Crippen molar-refractivity contribution in [1.82, 2.24) is 35.1 Å². The SMILES string of the molecule is COc1ccc(-n2ccc(CNC(=O)c3cnn(-c4ccc(OC)nn4)c3C(F)(F)F)n2)cc1. The predicted molar refractivity (Wildman–Crippen MR) is 112 cm³/mol. The molecule has 0 saturated carbocycles. The molecule has 4 rings (SSSR count). The summed E-state index contributed by atoms with van der Waals surface area (Å²) < 4.78 is 53.5. The lowest BCUT2D eigenvalue weighted by Crippen LogP contribution is -2.26. The summed E-state index contributed by atoms with van der Waals surface area (Å²) in [6.45, 7) is -0.0905. The maximum atomic E-state index is 13.8. The number of hydrogen-bond acceptors (Lipinski definition) is 7. The Bertz CT molecular complexity index is 1280. The third-order valence-electron chi connectivity index (χ3n) is 4.75. The van der Waals surface area contributed by atoms with Gasteiger partial charge in [-0.3, -0.25) is 4.79 Å². The number of nitrogens with one attached hydrogen (secondary N) is 1. The molecule has 0 spiro atoms. The molecule has 1 N–H and O–H groups in total. The lowest BCUT2D eigenvalue weighted by molar-refractivity contribution is -0.143. The number of nitrogens with zero attached hydrogens (tertiary/aromatic N) is 6. The average Bonchev–Trinajstić information content (AvgIpc) is 3.50. The largest absolute Gasteiger partial charge is 0.497 e. The molecule has 1 aromatic carbocycles. The number of alkyl halides is 3. The minimum absolute atomic E-state index is 0.0905. The second kappa shape index (κ2) is 9.21. The van der Waals surface area contributed by atoms with E-state index in [4.69, 9.17) is 9.47 Å². The molecular weight excluding hydrogens is 455 g/mol. The Hall–Kier alpha value is -4.42. The van der Waals surface area contributed by atoms with Gasteiger partial charge >= 0.3 is 6.18 Å². The number of carbonyl (C=O) groups is 1. The van der Waals surface area contributed by atoms with Gasteiger partial charge in [-0.1, -0.05) is 0 Å². The summed E-state index contributed by atoms with van der Waals surface area (Å²) in [7, 11) is 2.91. The minimum atomic E-state index is -4.87. The molecule has 0 atom stereocenters. The lowest BCUT2D eigenvalue weighted by Gasteiger charge is -2.12. The molecule has 34 heavy (non-hydrogen) atoms. The van der Waals surface area contributed by atoms with E-state index in [-0.39, 0.29) is 18.2 Å². The summed E-state index contributed by atoms with van der Waals surface area (Å²) in [6, 6.07) is 11.3. The Morgan fingerprint density at radius 3 is 2.41 bits per heavy atom. The van der Waals surface area contributed by atoms with Crippen LogP contribution in [-0.2, 0) is 12.7 Å². The first-order valence-electron chi connectivity index (χ1n) is 9.80. The van der Waals surface area contributed by atoms with Gasteiger partial charge in [-0.15, -0.1) is 10.2 Å². The monoisotopic (exact) mass is 473 g/mol. The summed E-state index contributed by atoms with van der Waals surface area (Å²) in [5.74, 6) is -0.369. The summed E-state index contributed by atoms with van der Waals surface area (Å²) in [6.07, 6.45) is -2.37. The number of benzene rings is 1. The number of amides is 1. The maximum Gasteiger partial charge on any atom is 0.434 e. The molecule has 13 heteroatoms. The lowest BCUT2D eigenvalue weighted by atomic mass is 10.2. The van der Waals surface area contributed by atoms with Crippen LogP contribution >= 0.6 is 0 Å². The third kappa shape index (κ3) is 4.67. The van der Waals surface area contributed by atoms with E-state index in [1.165, 1.54) is 19.2 Å². The van der Waals surface area contributed by atoms with Crippen molar-refractivity contribution in [2.45, 2.75) is 12.7 Å². The van der Waals surface area contributed by atoms with Crippen molar-refractivity contribution >= 4 is 5.91 Å². The second-order valence-electron chi connectivity index (χ2n) is 6.88. The molecular formula is C21H18F3N7O3. The molecule has 10 nitrogen and oxygen atoms in total. The summed E-state index contributed by atoms with van der Waals surface area (Å²) >= 11 is 0. The number of carbonyl (C=O) groups excluding carboxylic acids is 1. The van der Waals surface area contributed by atoms with Crippen molar-refractivity contribution in [3.63, 3.8) is 0 Å². The predicted octanol–water partition coefficient (Wildman–Crippen LogP) is 2.81. The fraction of sp³-hybridized carbons (Fsp3) is 0.190. The molecule has 0 fully saturated rings. The highest BCUT2D eigenvalue weighted by Crippen LogP contribution is 2.33. The fourth-order valence-corrected chi connectivity index (χ4v) is 3.10. The van der Waals surface area contributed by atoms with Crippen molar-refractivity contribution in [2.24, 2.45) is 0 Å². The molecule has 176 valence electrons. The number of rotatable bonds is 7. The highest BCUT2D eigenvalue weighted by molar-refractivity contribution is 5.95. The van der Waals surface area contributed by atoms with E-state index in [0.29, 0.717) is 16.1 Å². The Morgan fingerprint density at radius 1 is 1.03 bits per heavy atom. The molecule has 0 bridgehead atoms. The summed E-state index contributed by atoms with van der Waals surface area (Å²) in [5, 5.41) is 17.8. The molecule has 3 heterocycles. The minimum Gasteiger partial charge on any atom is -0.497 e. The molecule has 3 aromatic heterocycles. The summed E-state index contributed by atoms with van der Waals surface area (Å²) in [5.41, 5.74) is -0.723. The van der Waals surface area contributed by atoms with Gasteiger partial charge in [-0.2, -0.15) is 23.4 Å². The molecule has 1 amide bonds. The average molecular weight is 473 g/mol. The van der Waals surface area contributed by atoms with Crippen LogP contribution in [0.1, 0.15) is 21.7 Å². The van der Waals surface area contributed by atoms with Crippen molar-refractivity contribution in [3.05, 3.63) is 71.8 Å². The quantitative estimate of drug-likeness (QED) is 0.440. The van der Waals surface area contributed by atoms with Crippen LogP contribution in [0.2, 0.25) is 0 Å². The Balaban J connectivity index is 1.52. The molecule has 0 aliphatic carbocycles. The second-order valence-corrected chi connectivity index (χ2v) is 6.88. The Morgan fingerprint density at radius 2 is 1.79 bits per heavy atom. The van der Waals surface area contributed by atoms with E-state index >= 15 is 0 Å². The number of halogens is 3. The van der Waals surface area contributed by atoms with Crippen LogP contribution in [0.5, 0.6) is 11.6 Å². The molecule has 0 unspecified atom stereocenters. The van der Waals surface area contributed by atoms with Crippen molar-refractivity contribution in [1.29, 1.82) is 0 Å². The fourth-order valence-electron chi connectivity index (χ4n) is 3.10. The molecule has 0 aliphatic rings. The highest BCUT2D eigenvalue weighted by atomic mass is 19.4. The zero-order valence-corrected chi connectivity index (χ0v) is 17.9. The number of aromatic nitrogens is 6. The normalized spacial score (nSPS) is 11.3. The Labute approximate surface area is 190 Å². The first kappa shape index (κ1) is 22.8. The van der Waals surface area contributed by atoms with Crippen LogP contribution < -0.4 is 14.8 Å². The van der Waals surface area contributed by atoms with Gasteiger partial charge in [-0.25, -0.2) is 9.36 Å². The van der Waals surface area contributed by atoms with Crippen LogP contribution in [0.25, 0.3) is 11.5 Å². The van der Waals surface area contributed by atoms with Crippen LogP contribution in [0.15, 0.2) is 54.9 Å². The van der Waals surface area contributed by atoms with Crippen LogP contribution in [0, 0.1) is 0 Å². The topological polar surface area (TPSA) is 109 Å². The maximum absolute atomic E-state index is 13.8. The van der Waals surface area contributed by atoms with Gasteiger partial charge < -0.3 is 14.8 Å². The van der Waals surface area contributed by atoms with Gasteiger partial charge in [0.15, 0.2) is 11.5 Å². The van der Waals surface area contributed by atoms with Gasteiger partial charge in [-0.05, 0) is 36.4 Å². The van der Waals surface area contributed by atoms with E-state index in [0.717, 1.165) is 11.9 Å². The van der Waals surface area contributed by atoms with Gasteiger partial charge in [0, 0.05) is 12.3 Å². The Kier molecular flexibility index (Phi) is 6.17. The van der Waals surface area contributed by atoms with Crippen LogP contribution in [0.3, 0.4) is 0 Å². The van der Waals surface area contributed by atoms with E-state index in [9.17, 15) is 18.0 Å². The van der Waals surface area contributed by atoms with Crippen molar-refractivity contribution in [2.75, 3.05) is 14.2 Å². The number of hydrogen-bond donors (Lipinski definition) is 1. The molecule has 0 radical (unpaired) electrons. The molecule has 0 aliphatic heterocycles. The van der Waals surface area contributed by atoms with Crippen molar-refractivity contribution < 1.29 is 27.4 Å². The first-order valence-corrected chi connectivity index (χ1v) is 9.80. The van der Waals surface area contributed by atoms with Gasteiger partial charge in [0.25, 0.3) is 5.91 Å².